The summed E-state index contributed by atoms with van der Waals surface area (Å²) in [5, 5.41) is 13.8. The van der Waals surface area contributed by atoms with E-state index < -0.39 is 42.2 Å². The van der Waals surface area contributed by atoms with Crippen molar-refractivity contribution in [3.8, 4) is 0 Å². The summed E-state index contributed by atoms with van der Waals surface area (Å²) in [5.74, 6) is -2.83. The lowest BCUT2D eigenvalue weighted by molar-refractivity contribution is -0.192. The van der Waals surface area contributed by atoms with Gasteiger partial charge in [-0.25, -0.2) is 9.59 Å². The van der Waals surface area contributed by atoms with Crippen LogP contribution in [-0.4, -0.2) is 96.0 Å². The summed E-state index contributed by atoms with van der Waals surface area (Å²) in [7, 11) is 3.25. The molecule has 1 amide bonds. The molecule has 1 aromatic heterocycles. The molecule has 3 atom stereocenters. The van der Waals surface area contributed by atoms with Gasteiger partial charge in [0.1, 0.15) is 19.3 Å². The van der Waals surface area contributed by atoms with Gasteiger partial charge < -0.3 is 30.4 Å². The Hall–Kier alpha value is -2.15. The van der Waals surface area contributed by atoms with E-state index in [1.54, 1.807) is 44.7 Å². The number of hydrogen-bond donors (Lipinski definition) is 3. The second-order valence-electron chi connectivity index (χ2n) is 8.84. The molecule has 3 unspecified atom stereocenters. The maximum absolute atomic E-state index is 13.1. The van der Waals surface area contributed by atoms with Gasteiger partial charge in [-0.2, -0.15) is 36.3 Å². The van der Waals surface area contributed by atoms with Gasteiger partial charge in [0.15, 0.2) is 6.10 Å². The number of thioether (sulfide) groups is 1. The topological polar surface area (TPSA) is 171 Å². The molecule has 0 saturated heterocycles. The van der Waals surface area contributed by atoms with Crippen molar-refractivity contribution in [3.05, 3.63) is 22.4 Å². The van der Waals surface area contributed by atoms with Crippen molar-refractivity contribution in [2.45, 2.75) is 58.0 Å². The number of carboxylic acids is 1. The third kappa shape index (κ3) is 21.2. The molecule has 18 heteroatoms. The molecule has 0 bridgehead atoms. The Morgan fingerprint density at radius 1 is 1.07 bits per heavy atom. The molecule has 11 nitrogen and oxygen atoms in total. The molecular weight excluding hydrogens is 658 g/mol. The zero-order valence-electron chi connectivity index (χ0n) is 24.0. The van der Waals surface area contributed by atoms with Crippen LogP contribution in [-0.2, 0) is 44.6 Å². The van der Waals surface area contributed by atoms with Crippen molar-refractivity contribution in [2.75, 3.05) is 36.7 Å². The zero-order valence-corrected chi connectivity index (χ0v) is 27.3. The first-order valence-corrected chi connectivity index (χ1v) is 17.5. The summed E-state index contributed by atoms with van der Waals surface area (Å²) in [6, 6.07) is 1.14. The summed E-state index contributed by atoms with van der Waals surface area (Å²) in [4.78, 5) is 56.8. The lowest BCUT2D eigenvalue weighted by atomic mass is 10.0. The highest BCUT2D eigenvalue weighted by Gasteiger charge is 2.38. The summed E-state index contributed by atoms with van der Waals surface area (Å²) in [5.41, 5.74) is 7.19. The smallest absolute Gasteiger partial charge is 0.475 e. The van der Waals surface area contributed by atoms with Crippen LogP contribution in [0.5, 0.6) is 0 Å². The molecule has 1 rings (SSSR count). The maximum atomic E-state index is 13.1. The van der Waals surface area contributed by atoms with Crippen LogP contribution in [0.2, 0.25) is 0 Å². The second kappa shape index (κ2) is 22.4. The van der Waals surface area contributed by atoms with Crippen LogP contribution < -0.4 is 11.1 Å². The molecule has 0 aliphatic heterocycles. The molecule has 0 aromatic carbocycles. The number of carboxylic acid groups (broad SMARTS) is 1. The third-order valence-electron chi connectivity index (χ3n) is 4.94. The monoisotopic (exact) mass is 694 g/mol. The summed E-state index contributed by atoms with van der Waals surface area (Å²) < 4.78 is 46.8. The van der Waals surface area contributed by atoms with E-state index in [1.807, 2.05) is 16.8 Å². The van der Waals surface area contributed by atoms with Crippen molar-refractivity contribution >= 4 is 74.5 Å². The van der Waals surface area contributed by atoms with Gasteiger partial charge in [0.25, 0.3) is 0 Å². The number of amides is 1. The minimum Gasteiger partial charge on any atom is -0.475 e. The Labute approximate surface area is 264 Å². The molecule has 1 heterocycles. The maximum Gasteiger partial charge on any atom is 0.490 e. The van der Waals surface area contributed by atoms with Crippen molar-refractivity contribution in [1.29, 1.82) is 0 Å². The van der Waals surface area contributed by atoms with Crippen LogP contribution in [0.25, 0.3) is 0 Å². The van der Waals surface area contributed by atoms with Crippen LogP contribution >= 0.6 is 44.7 Å². The lowest BCUT2D eigenvalue weighted by Crippen LogP contribution is -2.45. The summed E-state index contributed by atoms with van der Waals surface area (Å²) in [6.07, 6.45) is -2.51. The Morgan fingerprint density at radius 2 is 1.63 bits per heavy atom. The highest BCUT2D eigenvalue weighted by Crippen LogP contribution is 2.27. The average molecular weight is 695 g/mol. The molecule has 0 saturated carbocycles. The third-order valence-corrected chi connectivity index (χ3v) is 8.90. The first kappa shape index (κ1) is 40.9. The molecule has 0 fully saturated rings. The number of hydrogen-bond acceptors (Lipinski definition) is 13. The van der Waals surface area contributed by atoms with Crippen molar-refractivity contribution in [3.63, 3.8) is 0 Å². The molecule has 0 aliphatic carbocycles. The Kier molecular flexibility index (Phi) is 21.3. The molecule has 4 N–H and O–H groups in total. The number of nitrogens with two attached hydrogens (primary N) is 1. The molecular formula is C25H37F3N2O9S4. The highest BCUT2D eigenvalue weighted by molar-refractivity contribution is 8.76. The minimum absolute atomic E-state index is 0.112. The van der Waals surface area contributed by atoms with Crippen LogP contribution in [0.3, 0.4) is 0 Å². The summed E-state index contributed by atoms with van der Waals surface area (Å²) >= 11 is 3.33. The predicted molar refractivity (Wildman–Crippen MR) is 162 cm³/mol. The van der Waals surface area contributed by atoms with Crippen molar-refractivity contribution < 1.29 is 56.5 Å². The van der Waals surface area contributed by atoms with E-state index in [2.05, 4.69) is 11.6 Å². The summed E-state index contributed by atoms with van der Waals surface area (Å²) in [6.45, 7) is 3.43. The van der Waals surface area contributed by atoms with Crippen LogP contribution in [0, 0.1) is 5.92 Å². The van der Waals surface area contributed by atoms with E-state index in [4.69, 9.17) is 29.8 Å². The highest BCUT2D eigenvalue weighted by atomic mass is 33.1. The number of nitrogens with one attached hydrogen (secondary N) is 1. The van der Waals surface area contributed by atoms with Crippen LogP contribution in [0.1, 0.15) is 32.8 Å². The number of thiophene rings is 1. The zero-order chi connectivity index (χ0) is 33.0. The first-order valence-electron chi connectivity index (χ1n) is 12.6. The van der Waals surface area contributed by atoms with Crippen molar-refractivity contribution in [2.24, 2.45) is 11.7 Å². The number of aliphatic carboxylic acids is 1. The van der Waals surface area contributed by atoms with Gasteiger partial charge in [0.05, 0.1) is 5.92 Å². The van der Waals surface area contributed by atoms with Gasteiger partial charge >= 0.3 is 30.1 Å². The largest absolute Gasteiger partial charge is 0.490 e. The number of carbonyl (C=O) groups excluding carboxylic acids is 4. The fourth-order valence-electron chi connectivity index (χ4n) is 2.73. The first-order chi connectivity index (χ1) is 20.1. The Bertz CT molecular complexity index is 983. The Morgan fingerprint density at radius 3 is 2.09 bits per heavy atom. The second-order valence-corrected chi connectivity index (χ2v) is 13.2. The van der Waals surface area contributed by atoms with Gasteiger partial charge in [-0.05, 0) is 54.2 Å². The van der Waals surface area contributed by atoms with E-state index in [1.165, 1.54) is 20.8 Å². The number of halogens is 3. The number of ether oxygens (including phenoxy) is 3. The molecule has 0 radical (unpaired) electrons. The van der Waals surface area contributed by atoms with Gasteiger partial charge in [-0.3, -0.25) is 14.4 Å². The normalized spacial score (nSPS) is 13.1. The molecule has 1 aromatic rings. The standard InChI is InChI=1S/C23H36N2O7S4.C2HF3O2/c1-15(23(29)32-21(10-30-16(2)26)11-31-17(3)27)25-22(28)19(9-18-5-8-34-12-18)13-35-36-14-20(24)6-7-33-4;3-2(4,5)1(6)7/h5,8,12,15,19-21H,6-7,9-11,13-14,24H2,1-4H3,(H,25,28);(H,6,7). The number of alkyl halides is 3. The predicted octanol–water partition coefficient (Wildman–Crippen LogP) is 3.54. The van der Waals surface area contributed by atoms with Gasteiger partial charge in [-0.1, -0.05) is 21.6 Å². The molecule has 0 spiro atoms. The van der Waals surface area contributed by atoms with Gasteiger partial charge in [-0.15, -0.1) is 0 Å². The molecule has 246 valence electrons. The van der Waals surface area contributed by atoms with Gasteiger partial charge in [0, 0.05) is 31.4 Å². The number of carbonyl (C=O) groups is 5. The van der Waals surface area contributed by atoms with Crippen LogP contribution in [0.15, 0.2) is 16.8 Å². The quantitative estimate of drug-likeness (QED) is 0.0883. The minimum atomic E-state index is -5.08. The molecule has 0 aliphatic rings. The number of esters is 3. The van der Waals surface area contributed by atoms with Gasteiger partial charge in [0.2, 0.25) is 5.91 Å². The van der Waals surface area contributed by atoms with E-state index in [9.17, 15) is 32.3 Å². The van der Waals surface area contributed by atoms with Crippen molar-refractivity contribution in [1.82, 2.24) is 5.32 Å². The van der Waals surface area contributed by atoms with E-state index >= 15 is 0 Å². The fraction of sp³-hybridized carbons (Fsp3) is 0.640. The Balaban J connectivity index is 0.00000223. The molecule has 43 heavy (non-hydrogen) atoms. The van der Waals surface area contributed by atoms with E-state index in [0.717, 1.165) is 23.5 Å². The van der Waals surface area contributed by atoms with E-state index in [-0.39, 0.29) is 31.1 Å². The average Bonchev–Trinajstić information content (AvgIpc) is 3.43. The van der Waals surface area contributed by atoms with Crippen LogP contribution in [0.4, 0.5) is 13.2 Å². The number of rotatable bonds is 18. The SMILES string of the molecule is CSCCC(N)CSSCC(Cc1ccsc1)C(=O)NC(C)C(=O)OC(COC(C)=O)COC(C)=O.O=C(O)C(F)(F)F. The van der Waals surface area contributed by atoms with E-state index in [0.29, 0.717) is 12.2 Å². The fourth-order valence-corrected chi connectivity index (χ4v) is 6.51. The lowest BCUT2D eigenvalue weighted by Gasteiger charge is -2.22.